The summed E-state index contributed by atoms with van der Waals surface area (Å²) >= 11 is 0. The number of hydrogen-bond donors (Lipinski definition) is 1. The van der Waals surface area contributed by atoms with Gasteiger partial charge in [0.1, 0.15) is 29.5 Å². The maximum atomic E-state index is 13.3. The van der Waals surface area contributed by atoms with Gasteiger partial charge < -0.3 is 19.0 Å². The Kier molecular flexibility index (Phi) is 6.53. The number of para-hydroxylation sites is 1. The van der Waals surface area contributed by atoms with Crippen LogP contribution in [0.3, 0.4) is 0 Å². The first-order chi connectivity index (χ1) is 16.0. The number of nitrogens with zero attached hydrogens (tertiary/aromatic N) is 3. The van der Waals surface area contributed by atoms with E-state index in [-0.39, 0.29) is 17.9 Å². The van der Waals surface area contributed by atoms with Crippen LogP contribution in [0, 0.1) is 5.82 Å². The second kappa shape index (κ2) is 9.68. The summed E-state index contributed by atoms with van der Waals surface area (Å²) in [5.74, 6) is -0.997. The van der Waals surface area contributed by atoms with Crippen molar-refractivity contribution < 1.29 is 23.7 Å². The lowest BCUT2D eigenvalue weighted by Crippen LogP contribution is -2.13. The highest BCUT2D eigenvalue weighted by Crippen LogP contribution is 2.29. The minimum atomic E-state index is -1.01. The number of benzene rings is 2. The van der Waals surface area contributed by atoms with Crippen molar-refractivity contribution in [2.45, 2.75) is 33.2 Å². The average molecular weight is 449 g/mol. The molecule has 0 bridgehead atoms. The standard InChI is InChI=1S/C25H24FN3O4/c1-3-13-32-27-21(23-15-20(28-33-23)16-9-11-17(26)12-10-16)14-19-18-7-5-6-8-22(18)29(4-2)24(19)25(30)31/h5-12,15H,3-4,13-14H2,1-2H3,(H,30,31)/b27-21+. The van der Waals surface area contributed by atoms with E-state index < -0.39 is 5.97 Å². The molecule has 7 nitrogen and oxygen atoms in total. The molecule has 8 heteroatoms. The van der Waals surface area contributed by atoms with Crippen molar-refractivity contribution >= 4 is 22.6 Å². The molecule has 0 atom stereocenters. The third-order valence-corrected chi connectivity index (χ3v) is 5.34. The predicted molar refractivity (Wildman–Crippen MR) is 123 cm³/mol. The van der Waals surface area contributed by atoms with E-state index in [0.29, 0.717) is 41.4 Å². The Labute approximate surface area is 190 Å². The summed E-state index contributed by atoms with van der Waals surface area (Å²) < 4.78 is 20.6. The number of aryl methyl sites for hydroxylation is 1. The Morgan fingerprint density at radius 3 is 2.64 bits per heavy atom. The molecule has 0 aliphatic carbocycles. The molecule has 0 aliphatic rings. The van der Waals surface area contributed by atoms with Gasteiger partial charge in [0.15, 0.2) is 5.76 Å². The summed E-state index contributed by atoms with van der Waals surface area (Å²) in [5, 5.41) is 19.2. The van der Waals surface area contributed by atoms with E-state index in [9.17, 15) is 14.3 Å². The van der Waals surface area contributed by atoms with E-state index in [1.807, 2.05) is 38.1 Å². The summed E-state index contributed by atoms with van der Waals surface area (Å²) in [6.07, 6.45) is 0.945. The van der Waals surface area contributed by atoms with Crippen molar-refractivity contribution in [1.82, 2.24) is 9.72 Å². The first-order valence-corrected chi connectivity index (χ1v) is 10.8. The molecule has 1 N–H and O–H groups in total. The van der Waals surface area contributed by atoms with E-state index in [1.165, 1.54) is 12.1 Å². The van der Waals surface area contributed by atoms with Crippen LogP contribution in [-0.2, 0) is 17.8 Å². The van der Waals surface area contributed by atoms with Crippen LogP contribution < -0.4 is 0 Å². The zero-order valence-corrected chi connectivity index (χ0v) is 18.4. The molecule has 0 unspecified atom stereocenters. The van der Waals surface area contributed by atoms with Crippen LogP contribution in [-0.4, -0.2) is 33.1 Å². The van der Waals surface area contributed by atoms with Crippen LogP contribution in [0.2, 0.25) is 0 Å². The number of aromatic nitrogens is 2. The lowest BCUT2D eigenvalue weighted by molar-refractivity contribution is 0.0684. The first kappa shape index (κ1) is 22.3. The van der Waals surface area contributed by atoms with E-state index >= 15 is 0 Å². The van der Waals surface area contributed by atoms with E-state index in [1.54, 1.807) is 22.8 Å². The van der Waals surface area contributed by atoms with Gasteiger partial charge in [0.05, 0.1) is 0 Å². The fraction of sp³-hybridized carbons (Fsp3) is 0.240. The van der Waals surface area contributed by atoms with Gasteiger partial charge in [-0.05, 0) is 49.2 Å². The lowest BCUT2D eigenvalue weighted by atomic mass is 10.0. The third kappa shape index (κ3) is 4.50. The quantitative estimate of drug-likeness (QED) is 0.206. The molecule has 2 heterocycles. The van der Waals surface area contributed by atoms with Gasteiger partial charge in [0, 0.05) is 35.5 Å². The summed E-state index contributed by atoms with van der Waals surface area (Å²) in [5.41, 5.74) is 3.30. The number of rotatable bonds is 9. The Morgan fingerprint density at radius 2 is 1.94 bits per heavy atom. The van der Waals surface area contributed by atoms with Gasteiger partial charge in [-0.3, -0.25) is 0 Å². The average Bonchev–Trinajstić information content (AvgIpc) is 3.42. The van der Waals surface area contributed by atoms with E-state index in [4.69, 9.17) is 9.36 Å². The van der Waals surface area contributed by atoms with E-state index in [0.717, 1.165) is 17.3 Å². The van der Waals surface area contributed by atoms with Crippen molar-refractivity contribution in [2.75, 3.05) is 6.61 Å². The number of oxime groups is 1. The molecule has 4 rings (SSSR count). The highest BCUT2D eigenvalue weighted by Gasteiger charge is 2.25. The number of carboxylic acids is 1. The van der Waals surface area contributed by atoms with Gasteiger partial charge in [-0.25, -0.2) is 9.18 Å². The van der Waals surface area contributed by atoms with Gasteiger partial charge in [-0.2, -0.15) is 0 Å². The van der Waals surface area contributed by atoms with Crippen LogP contribution in [0.4, 0.5) is 4.39 Å². The van der Waals surface area contributed by atoms with Crippen LogP contribution in [0.15, 0.2) is 64.3 Å². The van der Waals surface area contributed by atoms with Crippen molar-refractivity contribution in [3.05, 3.63) is 77.4 Å². The molecule has 0 spiro atoms. The summed E-state index contributed by atoms with van der Waals surface area (Å²) in [4.78, 5) is 17.7. The molecule has 0 saturated heterocycles. The number of carbonyl (C=O) groups is 1. The van der Waals surface area contributed by atoms with Crippen molar-refractivity contribution in [2.24, 2.45) is 5.16 Å². The second-order valence-corrected chi connectivity index (χ2v) is 7.52. The number of carboxylic acid groups (broad SMARTS) is 1. The normalized spacial score (nSPS) is 11.8. The van der Waals surface area contributed by atoms with E-state index in [2.05, 4.69) is 10.3 Å². The van der Waals surface area contributed by atoms with Crippen molar-refractivity contribution in [3.8, 4) is 11.3 Å². The van der Waals surface area contributed by atoms with Crippen molar-refractivity contribution in [1.29, 1.82) is 0 Å². The molecule has 0 saturated carbocycles. The van der Waals surface area contributed by atoms with Gasteiger partial charge >= 0.3 is 5.97 Å². The van der Waals surface area contributed by atoms with Crippen LogP contribution in [0.5, 0.6) is 0 Å². The van der Waals surface area contributed by atoms with Crippen LogP contribution >= 0.6 is 0 Å². The Morgan fingerprint density at radius 1 is 1.18 bits per heavy atom. The number of halogens is 1. The Hall–Kier alpha value is -3.94. The zero-order valence-electron chi connectivity index (χ0n) is 18.4. The monoisotopic (exact) mass is 449 g/mol. The molecule has 0 radical (unpaired) electrons. The Bertz CT molecular complexity index is 1310. The largest absolute Gasteiger partial charge is 0.477 e. The van der Waals surface area contributed by atoms with Gasteiger partial charge in [-0.1, -0.05) is 35.4 Å². The summed E-state index contributed by atoms with van der Waals surface area (Å²) in [6, 6.07) is 15.2. The molecular formula is C25H24FN3O4. The number of fused-ring (bicyclic) bond motifs is 1. The lowest BCUT2D eigenvalue weighted by Gasteiger charge is -2.07. The molecule has 2 aromatic carbocycles. The minimum absolute atomic E-state index is 0.177. The fourth-order valence-electron chi connectivity index (χ4n) is 3.84. The van der Waals surface area contributed by atoms with Gasteiger partial charge in [0.25, 0.3) is 0 Å². The maximum Gasteiger partial charge on any atom is 0.352 e. The molecule has 33 heavy (non-hydrogen) atoms. The molecule has 0 fully saturated rings. The number of aromatic carboxylic acids is 1. The predicted octanol–water partition coefficient (Wildman–Crippen LogP) is 5.53. The fourth-order valence-corrected chi connectivity index (χ4v) is 3.84. The van der Waals surface area contributed by atoms with Crippen LogP contribution in [0.1, 0.15) is 42.1 Å². The summed E-state index contributed by atoms with van der Waals surface area (Å²) in [6.45, 7) is 4.80. The zero-order chi connectivity index (χ0) is 23.4. The summed E-state index contributed by atoms with van der Waals surface area (Å²) in [7, 11) is 0. The highest BCUT2D eigenvalue weighted by molar-refractivity contribution is 6.06. The smallest absolute Gasteiger partial charge is 0.352 e. The SMILES string of the molecule is CCCO/N=C(\Cc1c(C(=O)O)n(CC)c2ccccc12)c1cc(-c2ccc(F)cc2)no1. The third-order valence-electron chi connectivity index (χ3n) is 5.34. The Balaban J connectivity index is 1.78. The number of hydrogen-bond acceptors (Lipinski definition) is 5. The topological polar surface area (TPSA) is 89.9 Å². The molecule has 170 valence electrons. The molecular weight excluding hydrogens is 425 g/mol. The molecule has 4 aromatic rings. The molecule has 2 aromatic heterocycles. The van der Waals surface area contributed by atoms with Crippen molar-refractivity contribution in [3.63, 3.8) is 0 Å². The molecule has 0 aliphatic heterocycles. The van der Waals surface area contributed by atoms with Gasteiger partial charge in [-0.15, -0.1) is 0 Å². The first-order valence-electron chi connectivity index (χ1n) is 10.8. The minimum Gasteiger partial charge on any atom is -0.477 e. The van der Waals surface area contributed by atoms with Gasteiger partial charge in [0.2, 0.25) is 0 Å². The second-order valence-electron chi connectivity index (χ2n) is 7.52. The van der Waals surface area contributed by atoms with Crippen LogP contribution in [0.25, 0.3) is 22.2 Å². The maximum absolute atomic E-state index is 13.3. The highest BCUT2D eigenvalue weighted by atomic mass is 19.1. The molecule has 0 amide bonds.